The van der Waals surface area contributed by atoms with Crippen molar-refractivity contribution in [1.82, 2.24) is 10.2 Å². The van der Waals surface area contributed by atoms with E-state index in [2.05, 4.69) is 33.0 Å². The molecule has 2 heterocycles. The van der Waals surface area contributed by atoms with E-state index in [4.69, 9.17) is 4.74 Å². The quantitative estimate of drug-likeness (QED) is 0.0629. The summed E-state index contributed by atoms with van der Waals surface area (Å²) in [5.41, 5.74) is 5.39. The zero-order valence-corrected chi connectivity index (χ0v) is 32.0. The molecule has 3 N–H and O–H groups in total. The van der Waals surface area contributed by atoms with E-state index >= 15 is 0 Å². The van der Waals surface area contributed by atoms with Crippen molar-refractivity contribution in [1.29, 1.82) is 0 Å². The number of aryl methyl sites for hydroxylation is 1. The van der Waals surface area contributed by atoms with Gasteiger partial charge in [0.15, 0.2) is 0 Å². The minimum atomic E-state index is -0.493. The lowest BCUT2D eigenvalue weighted by Crippen LogP contribution is -2.30. The number of nitrogens with one attached hydrogen (secondary N) is 3. The summed E-state index contributed by atoms with van der Waals surface area (Å²) in [6.07, 6.45) is 2.85. The summed E-state index contributed by atoms with van der Waals surface area (Å²) >= 11 is 2.80. The monoisotopic (exact) mass is 758 g/mol. The highest BCUT2D eigenvalue weighted by Gasteiger charge is 2.30. The Morgan fingerprint density at radius 3 is 2.37 bits per heavy atom. The third-order valence-corrected chi connectivity index (χ3v) is 11.4. The van der Waals surface area contributed by atoms with Crippen molar-refractivity contribution in [2.45, 2.75) is 49.9 Å². The summed E-state index contributed by atoms with van der Waals surface area (Å²) in [6, 6.07) is 33.9. The van der Waals surface area contributed by atoms with Gasteiger partial charge in [0.05, 0.1) is 17.9 Å². The fourth-order valence-corrected chi connectivity index (χ4v) is 8.53. The SMILES string of the molecule is CCC(Sc1cccc(NC(=O)/C(=C\c2cccc(C)c2)NC(=O)c2ccccc2)c1)C(=O)Nc1sc2c(c1C(=O)OC)CCN(Cc1ccccc1)C2. The van der Waals surface area contributed by atoms with E-state index in [9.17, 15) is 19.2 Å². The molecule has 0 fully saturated rings. The van der Waals surface area contributed by atoms with Gasteiger partial charge in [-0.15, -0.1) is 23.1 Å². The van der Waals surface area contributed by atoms with Crippen LogP contribution in [0.25, 0.3) is 6.08 Å². The van der Waals surface area contributed by atoms with Crippen molar-refractivity contribution in [3.05, 3.63) is 153 Å². The predicted octanol–water partition coefficient (Wildman–Crippen LogP) is 8.32. The largest absolute Gasteiger partial charge is 0.465 e. The molecule has 0 aliphatic carbocycles. The standard InChI is InChI=1S/C43H42N4O5S2/c1-4-36(41(50)46-42-38(43(51)52-3)34-21-22-47(27-37(34)54-42)26-29-14-7-5-8-15-29)53-33-20-12-19-32(25-33)44-40(49)35(24-30-16-11-13-28(2)23-30)45-39(48)31-17-9-6-10-18-31/h5-20,23-25,36H,4,21-22,26-27H2,1-3H3,(H,44,49)(H,45,48)(H,46,50)/b35-24+. The van der Waals surface area contributed by atoms with Crippen molar-refractivity contribution in [3.63, 3.8) is 0 Å². The zero-order valence-electron chi connectivity index (χ0n) is 30.4. The van der Waals surface area contributed by atoms with E-state index in [0.29, 0.717) is 41.2 Å². The van der Waals surface area contributed by atoms with Gasteiger partial charge < -0.3 is 20.7 Å². The Labute approximate surface area is 323 Å². The second-order valence-corrected chi connectivity index (χ2v) is 15.3. The first-order valence-corrected chi connectivity index (χ1v) is 19.4. The third-order valence-electron chi connectivity index (χ3n) is 8.93. The lowest BCUT2D eigenvalue weighted by atomic mass is 10.0. The third kappa shape index (κ3) is 9.73. The van der Waals surface area contributed by atoms with Gasteiger partial charge in [-0.1, -0.05) is 91.3 Å². The maximum absolute atomic E-state index is 13.8. The molecular formula is C43H42N4O5S2. The van der Waals surface area contributed by atoms with E-state index in [-0.39, 0.29) is 11.6 Å². The highest BCUT2D eigenvalue weighted by molar-refractivity contribution is 8.00. The molecule has 0 saturated carbocycles. The molecule has 0 radical (unpaired) electrons. The van der Waals surface area contributed by atoms with Gasteiger partial charge in [0.1, 0.15) is 10.7 Å². The van der Waals surface area contributed by atoms with Crippen molar-refractivity contribution >= 4 is 63.6 Å². The number of amides is 3. The Bertz CT molecular complexity index is 2170. The van der Waals surface area contributed by atoms with E-state index in [1.807, 2.05) is 68.4 Å². The predicted molar refractivity (Wildman–Crippen MR) is 217 cm³/mol. The second kappa shape index (κ2) is 18.0. The average Bonchev–Trinajstić information content (AvgIpc) is 3.54. The molecule has 11 heteroatoms. The summed E-state index contributed by atoms with van der Waals surface area (Å²) in [6.45, 7) is 6.16. The molecule has 0 bridgehead atoms. The number of thioether (sulfide) groups is 1. The summed E-state index contributed by atoms with van der Waals surface area (Å²) in [7, 11) is 1.36. The van der Waals surface area contributed by atoms with Crippen LogP contribution in [0.3, 0.4) is 0 Å². The molecule has 0 spiro atoms. The minimum Gasteiger partial charge on any atom is -0.465 e. The van der Waals surface area contributed by atoms with Gasteiger partial charge in [-0.2, -0.15) is 0 Å². The highest BCUT2D eigenvalue weighted by atomic mass is 32.2. The Kier molecular flexibility index (Phi) is 12.8. The number of hydrogen-bond acceptors (Lipinski definition) is 8. The molecule has 5 aromatic rings. The Hall–Kier alpha value is -5.49. The fourth-order valence-electron chi connectivity index (χ4n) is 6.23. The van der Waals surface area contributed by atoms with Crippen molar-refractivity contribution < 1.29 is 23.9 Å². The van der Waals surface area contributed by atoms with Crippen LogP contribution in [0.1, 0.15) is 61.2 Å². The first-order chi connectivity index (χ1) is 26.2. The van der Waals surface area contributed by atoms with Crippen LogP contribution in [0.4, 0.5) is 10.7 Å². The van der Waals surface area contributed by atoms with Crippen LogP contribution in [0.15, 0.2) is 120 Å². The molecule has 276 valence electrons. The number of fused-ring (bicyclic) bond motifs is 1. The molecule has 0 saturated heterocycles. The minimum absolute atomic E-state index is 0.0848. The van der Waals surface area contributed by atoms with Crippen molar-refractivity contribution in [2.75, 3.05) is 24.3 Å². The maximum Gasteiger partial charge on any atom is 0.341 e. The lowest BCUT2D eigenvalue weighted by Gasteiger charge is -2.27. The van der Waals surface area contributed by atoms with Gasteiger partial charge in [0.25, 0.3) is 11.8 Å². The number of hydrogen-bond donors (Lipinski definition) is 3. The molecule has 1 aromatic heterocycles. The van der Waals surface area contributed by atoms with E-state index in [1.54, 1.807) is 48.5 Å². The number of anilines is 2. The Balaban J connectivity index is 1.16. The summed E-state index contributed by atoms with van der Waals surface area (Å²) in [4.78, 5) is 57.7. The summed E-state index contributed by atoms with van der Waals surface area (Å²) in [5.74, 6) is -1.59. The molecule has 9 nitrogen and oxygen atoms in total. The number of ether oxygens (including phenoxy) is 1. The van der Waals surface area contributed by atoms with Crippen LogP contribution in [0, 0.1) is 6.92 Å². The number of carbonyl (C=O) groups excluding carboxylic acids is 4. The number of thiophene rings is 1. The Morgan fingerprint density at radius 2 is 1.65 bits per heavy atom. The van der Waals surface area contributed by atoms with Crippen LogP contribution in [-0.2, 0) is 33.8 Å². The van der Waals surface area contributed by atoms with E-state index in [1.165, 1.54) is 35.8 Å². The first-order valence-electron chi connectivity index (χ1n) is 17.7. The molecule has 54 heavy (non-hydrogen) atoms. The highest BCUT2D eigenvalue weighted by Crippen LogP contribution is 2.39. The maximum atomic E-state index is 13.8. The zero-order chi connectivity index (χ0) is 38.0. The van der Waals surface area contributed by atoms with Gasteiger partial charge in [0.2, 0.25) is 5.91 Å². The lowest BCUT2D eigenvalue weighted by molar-refractivity contribution is -0.116. The molecule has 6 rings (SSSR count). The van der Waals surface area contributed by atoms with Crippen LogP contribution < -0.4 is 16.0 Å². The molecule has 4 aromatic carbocycles. The van der Waals surface area contributed by atoms with Gasteiger partial charge in [0, 0.05) is 40.7 Å². The summed E-state index contributed by atoms with van der Waals surface area (Å²) in [5, 5.41) is 8.77. The van der Waals surface area contributed by atoms with Crippen LogP contribution in [0.5, 0.6) is 0 Å². The number of benzene rings is 4. The van der Waals surface area contributed by atoms with Gasteiger partial charge in [-0.25, -0.2) is 4.79 Å². The van der Waals surface area contributed by atoms with Crippen LogP contribution in [0.2, 0.25) is 0 Å². The number of esters is 1. The topological polar surface area (TPSA) is 117 Å². The molecule has 3 amide bonds. The second-order valence-electron chi connectivity index (χ2n) is 12.9. The van der Waals surface area contributed by atoms with Crippen LogP contribution in [-0.4, -0.2) is 47.5 Å². The molecule has 1 atom stereocenters. The van der Waals surface area contributed by atoms with Crippen molar-refractivity contribution in [2.24, 2.45) is 0 Å². The summed E-state index contributed by atoms with van der Waals surface area (Å²) < 4.78 is 5.17. The van der Waals surface area contributed by atoms with Gasteiger partial charge >= 0.3 is 5.97 Å². The van der Waals surface area contributed by atoms with Crippen molar-refractivity contribution in [3.8, 4) is 0 Å². The van der Waals surface area contributed by atoms with E-state index < -0.39 is 23.0 Å². The first kappa shape index (κ1) is 38.2. The number of carbonyl (C=O) groups is 4. The number of rotatable bonds is 13. The van der Waals surface area contributed by atoms with Crippen LogP contribution >= 0.6 is 23.1 Å². The number of nitrogens with zero attached hydrogens (tertiary/aromatic N) is 1. The van der Waals surface area contributed by atoms with E-state index in [0.717, 1.165) is 39.6 Å². The smallest absolute Gasteiger partial charge is 0.341 e. The molecular weight excluding hydrogens is 717 g/mol. The molecule has 1 unspecified atom stereocenters. The van der Waals surface area contributed by atoms with Gasteiger partial charge in [-0.05, 0) is 72.9 Å². The number of methoxy groups -OCH3 is 1. The molecule has 1 aliphatic heterocycles. The average molecular weight is 759 g/mol. The normalized spacial score (nSPS) is 13.4. The fraction of sp³-hybridized carbons (Fsp3) is 0.209. The Morgan fingerprint density at radius 1 is 0.907 bits per heavy atom. The molecule has 1 aliphatic rings. The van der Waals surface area contributed by atoms with Gasteiger partial charge in [-0.3, -0.25) is 19.3 Å².